The van der Waals surface area contributed by atoms with Crippen LogP contribution in [0.15, 0.2) is 52.1 Å². The van der Waals surface area contributed by atoms with Gasteiger partial charge in [-0.05, 0) is 44.0 Å². The van der Waals surface area contributed by atoms with Crippen molar-refractivity contribution in [3.05, 3.63) is 85.8 Å². The van der Waals surface area contributed by atoms with Crippen molar-refractivity contribution in [3.63, 3.8) is 0 Å². The van der Waals surface area contributed by atoms with Crippen LogP contribution < -0.4 is 4.74 Å². The Morgan fingerprint density at radius 2 is 1.90 bits per heavy atom. The number of aromatic carboxylic acids is 1. The molecule has 206 valence electrons. The molecular formula is C28H23Cl3N4O5. The van der Waals surface area contributed by atoms with Gasteiger partial charge in [-0.25, -0.2) is 4.79 Å². The van der Waals surface area contributed by atoms with Gasteiger partial charge in [-0.15, -0.1) is 0 Å². The molecule has 4 aromatic rings. The fourth-order valence-corrected chi connectivity index (χ4v) is 5.62. The van der Waals surface area contributed by atoms with E-state index in [9.17, 15) is 9.90 Å². The second kappa shape index (κ2) is 10.8. The van der Waals surface area contributed by atoms with Crippen molar-refractivity contribution in [2.45, 2.75) is 51.4 Å². The summed E-state index contributed by atoms with van der Waals surface area (Å²) in [5.74, 6) is 0.550. The number of carboxylic acid groups (broad SMARTS) is 1. The van der Waals surface area contributed by atoms with Gasteiger partial charge in [0, 0.05) is 36.1 Å². The number of aryl methyl sites for hydroxylation is 1. The number of rotatable bonds is 9. The van der Waals surface area contributed by atoms with Crippen LogP contribution in [0.4, 0.5) is 0 Å². The summed E-state index contributed by atoms with van der Waals surface area (Å²) in [6, 6.07) is 12.2. The van der Waals surface area contributed by atoms with Crippen molar-refractivity contribution in [1.29, 1.82) is 0 Å². The molecule has 40 heavy (non-hydrogen) atoms. The Morgan fingerprint density at radius 1 is 1.12 bits per heavy atom. The lowest BCUT2D eigenvalue weighted by atomic mass is 10.0. The molecule has 0 radical (unpaired) electrons. The third kappa shape index (κ3) is 5.05. The molecule has 1 N–H and O–H groups in total. The second-order valence-electron chi connectivity index (χ2n) is 9.59. The van der Waals surface area contributed by atoms with Crippen LogP contribution in [0.2, 0.25) is 15.1 Å². The molecule has 1 saturated carbocycles. The molecule has 2 aliphatic rings. The van der Waals surface area contributed by atoms with Gasteiger partial charge >= 0.3 is 5.97 Å². The van der Waals surface area contributed by atoms with E-state index in [1.165, 1.54) is 6.07 Å². The van der Waals surface area contributed by atoms with Crippen LogP contribution in [-0.4, -0.2) is 31.7 Å². The fourth-order valence-electron chi connectivity index (χ4n) is 4.75. The van der Waals surface area contributed by atoms with Gasteiger partial charge in [-0.3, -0.25) is 4.68 Å². The number of nitrogens with zero attached hydrogens (tertiary/aromatic N) is 4. The normalized spacial score (nSPS) is 16.6. The number of carbonyl (C=O) groups is 1. The lowest BCUT2D eigenvalue weighted by Crippen LogP contribution is -2.10. The maximum atomic E-state index is 11.4. The summed E-state index contributed by atoms with van der Waals surface area (Å²) in [7, 11) is 0. The van der Waals surface area contributed by atoms with Gasteiger partial charge in [0.25, 0.3) is 0 Å². The van der Waals surface area contributed by atoms with E-state index < -0.39 is 12.1 Å². The van der Waals surface area contributed by atoms with Gasteiger partial charge in [0.1, 0.15) is 29.5 Å². The predicted molar refractivity (Wildman–Crippen MR) is 150 cm³/mol. The monoisotopic (exact) mass is 600 g/mol. The number of benzene rings is 2. The number of hydrogen-bond acceptors (Lipinski definition) is 7. The van der Waals surface area contributed by atoms with Gasteiger partial charge in [0.05, 0.1) is 26.3 Å². The number of ether oxygens (including phenoxy) is 1. The molecule has 0 bridgehead atoms. The largest absolute Gasteiger partial charge is 0.489 e. The van der Waals surface area contributed by atoms with Crippen molar-refractivity contribution >= 4 is 46.5 Å². The van der Waals surface area contributed by atoms with Crippen LogP contribution in [0.1, 0.15) is 71.3 Å². The van der Waals surface area contributed by atoms with Crippen molar-refractivity contribution in [3.8, 4) is 17.0 Å². The Hall–Kier alpha value is -3.53. The molecule has 1 fully saturated rings. The average molecular weight is 602 g/mol. The van der Waals surface area contributed by atoms with E-state index in [0.29, 0.717) is 62.4 Å². The van der Waals surface area contributed by atoms with Crippen LogP contribution in [-0.2, 0) is 18.0 Å². The van der Waals surface area contributed by atoms with Gasteiger partial charge in [-0.1, -0.05) is 57.2 Å². The Labute approximate surface area is 244 Å². The number of aromatic nitrogens is 3. The fraction of sp³-hybridized carbons (Fsp3) is 0.286. The van der Waals surface area contributed by atoms with E-state index >= 15 is 0 Å². The van der Waals surface area contributed by atoms with E-state index in [-0.39, 0.29) is 12.3 Å². The molecule has 12 heteroatoms. The highest BCUT2D eigenvalue weighted by Crippen LogP contribution is 2.46. The lowest BCUT2D eigenvalue weighted by molar-refractivity contribution is 0.0689. The van der Waals surface area contributed by atoms with Gasteiger partial charge in [0.2, 0.25) is 0 Å². The maximum Gasteiger partial charge on any atom is 0.356 e. The molecule has 1 atom stereocenters. The summed E-state index contributed by atoms with van der Waals surface area (Å²) in [4.78, 5) is 17.0. The number of carboxylic acids is 1. The molecule has 1 unspecified atom stereocenters. The van der Waals surface area contributed by atoms with Gasteiger partial charge < -0.3 is 19.2 Å². The van der Waals surface area contributed by atoms with Crippen LogP contribution in [0.3, 0.4) is 0 Å². The zero-order valence-corrected chi connectivity index (χ0v) is 23.5. The van der Waals surface area contributed by atoms with E-state index in [1.54, 1.807) is 28.9 Å². The lowest BCUT2D eigenvalue weighted by Gasteiger charge is -2.13. The molecule has 1 aliphatic heterocycles. The topological polar surface area (TPSA) is 112 Å². The predicted octanol–water partition coefficient (Wildman–Crippen LogP) is 7.54. The average Bonchev–Trinajstić information content (AvgIpc) is 3.32. The highest BCUT2D eigenvalue weighted by molar-refractivity contribution is 6.39. The van der Waals surface area contributed by atoms with Crippen molar-refractivity contribution in [1.82, 2.24) is 14.9 Å². The summed E-state index contributed by atoms with van der Waals surface area (Å²) in [5.41, 5.74) is 3.90. The molecule has 6 rings (SSSR count). The summed E-state index contributed by atoms with van der Waals surface area (Å²) in [5, 5.41) is 23.3. The zero-order valence-electron chi connectivity index (χ0n) is 21.2. The van der Waals surface area contributed by atoms with Crippen LogP contribution in [0.25, 0.3) is 11.3 Å². The molecule has 1 aliphatic carbocycles. The van der Waals surface area contributed by atoms with Gasteiger partial charge in [-0.2, -0.15) is 5.10 Å². The summed E-state index contributed by atoms with van der Waals surface area (Å²) < 4.78 is 13.5. The van der Waals surface area contributed by atoms with Crippen LogP contribution in [0.5, 0.6) is 5.75 Å². The minimum atomic E-state index is -1.10. The molecule has 2 aromatic heterocycles. The highest BCUT2D eigenvalue weighted by atomic mass is 35.5. The minimum absolute atomic E-state index is 0.0415. The first-order valence-electron chi connectivity index (χ1n) is 12.7. The smallest absolute Gasteiger partial charge is 0.356 e. The first kappa shape index (κ1) is 26.7. The molecule has 0 amide bonds. The Morgan fingerprint density at radius 3 is 2.58 bits per heavy atom. The Bertz CT molecular complexity index is 1620. The Balaban J connectivity index is 1.19. The first-order valence-corrected chi connectivity index (χ1v) is 13.9. The SMILES string of the molecule is CCn1nc(C(=O)O)cc1C1=NOC(c2ccc(OCc3c(-c4c(Cl)cccc4Cl)noc3C3CC3)cc2Cl)C1. The Kier molecular flexibility index (Phi) is 7.20. The third-order valence-corrected chi connectivity index (χ3v) is 7.89. The molecular weight excluding hydrogens is 579 g/mol. The molecule has 0 saturated heterocycles. The van der Waals surface area contributed by atoms with Crippen molar-refractivity contribution in [2.24, 2.45) is 5.16 Å². The summed E-state index contributed by atoms with van der Waals surface area (Å²) >= 11 is 19.6. The van der Waals surface area contributed by atoms with Crippen LogP contribution in [0, 0.1) is 0 Å². The van der Waals surface area contributed by atoms with Gasteiger partial charge in [0.15, 0.2) is 11.8 Å². The summed E-state index contributed by atoms with van der Waals surface area (Å²) in [6.45, 7) is 2.57. The van der Waals surface area contributed by atoms with Crippen molar-refractivity contribution in [2.75, 3.05) is 0 Å². The standard InChI is InChI=1S/C28H23Cl3N4O5/c1-2-35-23(11-22(32-35)28(36)37)21-12-24(39-33-21)16-9-8-15(10-20(16)31)38-13-17-26(34-40-27(17)14-6-7-14)25-18(29)4-3-5-19(25)30/h3-5,8-11,14,24H,2,6-7,12-13H2,1H3,(H,36,37). The number of oxime groups is 1. The second-order valence-corrected chi connectivity index (χ2v) is 10.8. The quantitative estimate of drug-likeness (QED) is 0.211. The van der Waals surface area contributed by atoms with E-state index in [0.717, 1.165) is 29.7 Å². The minimum Gasteiger partial charge on any atom is -0.489 e. The number of halogens is 3. The highest BCUT2D eigenvalue weighted by Gasteiger charge is 2.34. The van der Waals surface area contributed by atoms with E-state index in [1.807, 2.05) is 19.1 Å². The van der Waals surface area contributed by atoms with E-state index in [2.05, 4.69) is 15.4 Å². The van der Waals surface area contributed by atoms with Crippen LogP contribution >= 0.6 is 34.8 Å². The summed E-state index contributed by atoms with van der Waals surface area (Å²) in [6.07, 6.45) is 2.04. The number of hydrogen-bond donors (Lipinski definition) is 1. The molecule has 0 spiro atoms. The molecule has 2 aromatic carbocycles. The molecule has 3 heterocycles. The first-order chi connectivity index (χ1) is 19.3. The maximum absolute atomic E-state index is 11.4. The van der Waals surface area contributed by atoms with E-state index in [4.69, 9.17) is 48.9 Å². The zero-order chi connectivity index (χ0) is 28.0. The molecule has 9 nitrogen and oxygen atoms in total. The van der Waals surface area contributed by atoms with Crippen molar-refractivity contribution < 1.29 is 24.0 Å². The third-order valence-electron chi connectivity index (χ3n) is 6.93.